The molecule has 0 atom stereocenters. The van der Waals surface area contributed by atoms with E-state index in [1.165, 1.54) is 10.8 Å². The molecule has 0 amide bonds. The Labute approximate surface area is 292 Å². The maximum atomic E-state index is 14.4. The molecule has 0 aliphatic heterocycles. The second-order valence-corrected chi connectivity index (χ2v) is 12.9. The third-order valence-electron chi connectivity index (χ3n) is 10.1. The van der Waals surface area contributed by atoms with Crippen LogP contribution < -0.4 is 0 Å². The van der Waals surface area contributed by atoms with Gasteiger partial charge >= 0.3 is 0 Å². The zero-order valence-corrected chi connectivity index (χ0v) is 27.5. The second-order valence-electron chi connectivity index (χ2n) is 12.9. The summed E-state index contributed by atoms with van der Waals surface area (Å²) in [5.74, 6) is 0. The van der Waals surface area contributed by atoms with E-state index in [0.717, 1.165) is 72.0 Å². The second kappa shape index (κ2) is 12.3. The minimum absolute atomic E-state index is 0.806. The summed E-state index contributed by atoms with van der Waals surface area (Å²) >= 11 is 0. The Hall–Kier alpha value is -6.28. The van der Waals surface area contributed by atoms with E-state index in [-0.39, 0.29) is 0 Å². The van der Waals surface area contributed by atoms with Gasteiger partial charge in [-0.15, -0.1) is 0 Å². The lowest BCUT2D eigenvalue weighted by Crippen LogP contribution is -2.30. The first kappa shape index (κ1) is 29.8. The Balaban J connectivity index is 1.67. The normalized spacial score (nSPS) is 14.1. The molecule has 8 aromatic carbocycles. The molecule has 0 aromatic heterocycles. The van der Waals surface area contributed by atoms with Gasteiger partial charge in [-0.25, -0.2) is 0 Å². The lowest BCUT2D eigenvalue weighted by atomic mass is 9.71. The molecule has 0 saturated heterocycles. The number of fused-ring (bicyclic) bond motifs is 6. The van der Waals surface area contributed by atoms with Crippen molar-refractivity contribution in [3.8, 4) is 0 Å². The Kier molecular flexibility index (Phi) is 7.34. The average molecular weight is 639 g/mol. The minimum atomic E-state index is -1.60. The van der Waals surface area contributed by atoms with Gasteiger partial charge in [0.2, 0.25) is 0 Å². The molecule has 8 aromatic rings. The van der Waals surface area contributed by atoms with Crippen LogP contribution in [0.1, 0.15) is 38.9 Å². The monoisotopic (exact) mass is 638 g/mol. The summed E-state index contributed by atoms with van der Waals surface area (Å²) in [5.41, 5.74) is 9.18. The van der Waals surface area contributed by atoms with E-state index < -0.39 is 5.60 Å². The molecule has 236 valence electrons. The van der Waals surface area contributed by atoms with Gasteiger partial charge < -0.3 is 5.11 Å². The van der Waals surface area contributed by atoms with Crippen molar-refractivity contribution in [2.45, 2.75) is 5.60 Å². The van der Waals surface area contributed by atoms with Crippen molar-refractivity contribution in [2.75, 3.05) is 0 Å². The lowest BCUT2D eigenvalue weighted by molar-refractivity contribution is 0.166. The van der Waals surface area contributed by atoms with E-state index in [0.29, 0.717) is 0 Å². The number of hydrogen-bond donors (Lipinski definition) is 1. The SMILES string of the molecule is OC1(c2ccccc2)C(c2ccccc2)=C(c2ccccc2)c2c(c3ccccc3c3ccccc23)C(c2ccccc2)=C1c1ccccc1. The third-order valence-corrected chi connectivity index (χ3v) is 10.1. The quantitative estimate of drug-likeness (QED) is 0.186. The molecular formula is C49H34O. The Morgan fingerprint density at radius 3 is 0.920 bits per heavy atom. The molecule has 0 bridgehead atoms. The first-order valence-corrected chi connectivity index (χ1v) is 17.2. The van der Waals surface area contributed by atoms with Crippen molar-refractivity contribution in [3.05, 3.63) is 239 Å². The summed E-state index contributed by atoms with van der Waals surface area (Å²) in [5, 5.41) is 19.1. The standard InChI is InChI=1S/C49H34O/c50-49(38-28-14-5-15-29-38)47(36-24-10-3-11-25-36)43(34-20-6-1-7-21-34)45-41-32-18-16-30-39(41)40-31-17-19-33-42(40)46(45)44(35-22-8-2-9-23-35)48(49)37-26-12-4-13-27-37/h1-33,50H. The minimum Gasteiger partial charge on any atom is -0.376 e. The van der Waals surface area contributed by atoms with E-state index in [1.54, 1.807) is 0 Å². The van der Waals surface area contributed by atoms with Gasteiger partial charge in [0.05, 0.1) is 0 Å². The molecule has 0 heterocycles. The molecule has 1 aliphatic carbocycles. The molecule has 1 nitrogen and oxygen atoms in total. The highest BCUT2D eigenvalue weighted by molar-refractivity contribution is 6.27. The molecule has 0 saturated carbocycles. The molecule has 50 heavy (non-hydrogen) atoms. The summed E-state index contributed by atoms with van der Waals surface area (Å²) < 4.78 is 0. The van der Waals surface area contributed by atoms with Crippen molar-refractivity contribution in [1.29, 1.82) is 0 Å². The predicted molar refractivity (Wildman–Crippen MR) is 209 cm³/mol. The van der Waals surface area contributed by atoms with Crippen LogP contribution in [0.2, 0.25) is 0 Å². The number of hydrogen-bond acceptors (Lipinski definition) is 1. The van der Waals surface area contributed by atoms with Gasteiger partial charge in [0.1, 0.15) is 5.60 Å². The van der Waals surface area contributed by atoms with Crippen LogP contribution in [0.15, 0.2) is 200 Å². The van der Waals surface area contributed by atoms with E-state index in [2.05, 4.69) is 170 Å². The highest BCUT2D eigenvalue weighted by atomic mass is 16.3. The van der Waals surface area contributed by atoms with Crippen LogP contribution in [0.5, 0.6) is 0 Å². The van der Waals surface area contributed by atoms with Crippen molar-refractivity contribution in [3.63, 3.8) is 0 Å². The first-order chi connectivity index (χ1) is 24.7. The molecule has 0 radical (unpaired) electrons. The van der Waals surface area contributed by atoms with Crippen molar-refractivity contribution >= 4 is 43.8 Å². The van der Waals surface area contributed by atoms with Crippen molar-refractivity contribution in [1.82, 2.24) is 0 Å². The molecule has 0 fully saturated rings. The van der Waals surface area contributed by atoms with Crippen LogP contribution in [0, 0.1) is 0 Å². The van der Waals surface area contributed by atoms with Crippen LogP contribution >= 0.6 is 0 Å². The Morgan fingerprint density at radius 1 is 0.280 bits per heavy atom. The van der Waals surface area contributed by atoms with E-state index in [9.17, 15) is 5.11 Å². The fourth-order valence-corrected chi connectivity index (χ4v) is 8.07. The van der Waals surface area contributed by atoms with Crippen molar-refractivity contribution in [2.24, 2.45) is 0 Å². The number of aliphatic hydroxyl groups is 1. The summed E-state index contributed by atoms with van der Waals surface area (Å²) in [4.78, 5) is 0. The third kappa shape index (κ3) is 4.67. The zero-order chi connectivity index (χ0) is 33.5. The van der Waals surface area contributed by atoms with Gasteiger partial charge in [0, 0.05) is 11.1 Å². The zero-order valence-electron chi connectivity index (χ0n) is 27.5. The maximum Gasteiger partial charge on any atom is 0.142 e. The van der Waals surface area contributed by atoms with E-state index >= 15 is 0 Å². The fraction of sp³-hybridized carbons (Fsp3) is 0.0204. The highest BCUT2D eigenvalue weighted by Crippen LogP contribution is 2.59. The molecule has 9 rings (SSSR count). The van der Waals surface area contributed by atoms with E-state index in [4.69, 9.17) is 0 Å². The Morgan fingerprint density at radius 2 is 0.560 bits per heavy atom. The average Bonchev–Trinajstić information content (AvgIpc) is 3.31. The molecule has 1 N–H and O–H groups in total. The van der Waals surface area contributed by atoms with Crippen LogP contribution in [0.4, 0.5) is 0 Å². The largest absolute Gasteiger partial charge is 0.376 e. The van der Waals surface area contributed by atoms with Crippen LogP contribution in [0.3, 0.4) is 0 Å². The van der Waals surface area contributed by atoms with Gasteiger partial charge in [-0.1, -0.05) is 200 Å². The lowest BCUT2D eigenvalue weighted by Gasteiger charge is -2.37. The first-order valence-electron chi connectivity index (χ1n) is 17.2. The van der Waals surface area contributed by atoms with Gasteiger partial charge in [-0.05, 0) is 71.6 Å². The summed E-state index contributed by atoms with van der Waals surface area (Å²) in [7, 11) is 0. The summed E-state index contributed by atoms with van der Waals surface area (Å²) in [6, 6.07) is 70.0. The fourth-order valence-electron chi connectivity index (χ4n) is 8.07. The topological polar surface area (TPSA) is 20.2 Å². The van der Waals surface area contributed by atoms with Gasteiger partial charge in [-0.2, -0.15) is 0 Å². The molecule has 1 heteroatoms. The maximum absolute atomic E-state index is 14.4. The number of rotatable bonds is 5. The molecular weight excluding hydrogens is 605 g/mol. The van der Waals surface area contributed by atoms with Crippen LogP contribution in [-0.4, -0.2) is 5.11 Å². The smallest absolute Gasteiger partial charge is 0.142 e. The van der Waals surface area contributed by atoms with Crippen molar-refractivity contribution < 1.29 is 5.11 Å². The van der Waals surface area contributed by atoms with Crippen LogP contribution in [-0.2, 0) is 5.60 Å². The Bertz CT molecular complexity index is 2390. The summed E-state index contributed by atoms with van der Waals surface area (Å²) in [6.07, 6.45) is 0. The van der Waals surface area contributed by atoms with Gasteiger partial charge in [0.25, 0.3) is 0 Å². The number of benzene rings is 8. The molecule has 0 unspecified atom stereocenters. The van der Waals surface area contributed by atoms with E-state index in [1.807, 2.05) is 30.3 Å². The summed E-state index contributed by atoms with van der Waals surface area (Å²) in [6.45, 7) is 0. The van der Waals surface area contributed by atoms with Gasteiger partial charge in [-0.3, -0.25) is 0 Å². The molecule has 1 aliphatic rings. The molecule has 0 spiro atoms. The van der Waals surface area contributed by atoms with Crippen LogP contribution in [0.25, 0.3) is 43.8 Å². The highest BCUT2D eigenvalue weighted by Gasteiger charge is 2.46. The van der Waals surface area contributed by atoms with Gasteiger partial charge in [0.15, 0.2) is 0 Å². The predicted octanol–water partition coefficient (Wildman–Crippen LogP) is 11.8.